The average Bonchev–Trinajstić information content (AvgIpc) is 3.04. The lowest BCUT2D eigenvalue weighted by atomic mass is 9.88. The third-order valence-corrected chi connectivity index (χ3v) is 7.51. The monoisotopic (exact) mass is 506 g/mol. The minimum Gasteiger partial charge on any atom is -0.0622 e. The van der Waals surface area contributed by atoms with Crippen LogP contribution in [0.15, 0.2) is 158 Å². The molecule has 0 amide bonds. The van der Waals surface area contributed by atoms with Crippen molar-refractivity contribution in [3.8, 4) is 45.2 Å². The van der Waals surface area contributed by atoms with Crippen molar-refractivity contribution in [2.75, 3.05) is 0 Å². The molecule has 0 N–H and O–H groups in total. The highest BCUT2D eigenvalue weighted by molar-refractivity contribution is 6.16. The molecule has 0 spiro atoms. The molecule has 0 bridgehead atoms. The van der Waals surface area contributed by atoms with Crippen molar-refractivity contribution in [2.45, 2.75) is 0 Å². The lowest BCUT2D eigenvalue weighted by Crippen LogP contribution is -1.91. The third-order valence-electron chi connectivity index (χ3n) is 7.51. The van der Waals surface area contributed by atoms with Crippen molar-refractivity contribution in [1.82, 2.24) is 0 Å². The van der Waals surface area contributed by atoms with Crippen LogP contribution < -0.4 is 0 Å². The second kappa shape index (κ2) is 10.4. The molecule has 0 saturated carbocycles. The summed E-state index contributed by atoms with van der Waals surface area (Å²) in [5, 5.41) is 4.79. The Bertz CT molecular complexity index is 1960. The van der Waals surface area contributed by atoms with E-state index in [-0.39, 0.29) is 0 Å². The summed E-state index contributed by atoms with van der Waals surface area (Å²) in [6.45, 7) is 0. The highest BCUT2D eigenvalue weighted by atomic mass is 14.2. The van der Waals surface area contributed by atoms with Gasteiger partial charge in [0.2, 0.25) is 0 Å². The Kier molecular flexibility index (Phi) is 6.17. The van der Waals surface area contributed by atoms with Crippen LogP contribution in [0.5, 0.6) is 0 Å². The minimum absolute atomic E-state index is 1.01. The molecule has 0 nitrogen and oxygen atoms in total. The zero-order chi connectivity index (χ0) is 26.7. The first-order valence-corrected chi connectivity index (χ1v) is 13.6. The fourth-order valence-corrected chi connectivity index (χ4v) is 5.58. The van der Waals surface area contributed by atoms with Gasteiger partial charge >= 0.3 is 0 Å². The maximum absolute atomic E-state index is 3.58. The molecule has 0 aromatic heterocycles. The van der Waals surface area contributed by atoms with Gasteiger partial charge in [-0.25, -0.2) is 0 Å². The molecule has 0 aliphatic rings. The molecule has 7 aromatic carbocycles. The van der Waals surface area contributed by atoms with E-state index >= 15 is 0 Å². The van der Waals surface area contributed by atoms with Crippen LogP contribution in [0.1, 0.15) is 11.1 Å². The topological polar surface area (TPSA) is 0 Å². The van der Waals surface area contributed by atoms with Crippen molar-refractivity contribution < 1.29 is 0 Å². The summed E-state index contributed by atoms with van der Waals surface area (Å²) >= 11 is 0. The summed E-state index contributed by atoms with van der Waals surface area (Å²) in [5.41, 5.74) is 9.37. The van der Waals surface area contributed by atoms with Crippen molar-refractivity contribution in [2.24, 2.45) is 0 Å². The van der Waals surface area contributed by atoms with Crippen molar-refractivity contribution in [1.29, 1.82) is 0 Å². The molecule has 0 aliphatic heterocycles. The fourth-order valence-electron chi connectivity index (χ4n) is 5.58. The lowest BCUT2D eigenvalue weighted by molar-refractivity contribution is 1.59. The van der Waals surface area contributed by atoms with E-state index in [1.165, 1.54) is 54.9 Å². The molecule has 7 rings (SSSR count). The summed E-state index contributed by atoms with van der Waals surface area (Å²) in [6.07, 6.45) is 0. The molecule has 7 aromatic rings. The highest BCUT2D eigenvalue weighted by Crippen LogP contribution is 2.39. The van der Waals surface area contributed by atoms with Crippen LogP contribution >= 0.6 is 0 Å². The largest absolute Gasteiger partial charge is 0.0622 e. The van der Waals surface area contributed by atoms with Gasteiger partial charge in [-0.05, 0) is 67.1 Å². The van der Waals surface area contributed by atoms with Crippen LogP contribution in [-0.2, 0) is 0 Å². The molecule has 0 fully saturated rings. The Hall–Kier alpha value is -5.38. The first kappa shape index (κ1) is 23.7. The molecular formula is C40H26. The van der Waals surface area contributed by atoms with Crippen molar-refractivity contribution >= 4 is 21.5 Å². The van der Waals surface area contributed by atoms with E-state index in [1.807, 2.05) is 6.07 Å². The van der Waals surface area contributed by atoms with Gasteiger partial charge < -0.3 is 0 Å². The summed E-state index contributed by atoms with van der Waals surface area (Å²) in [7, 11) is 0. The van der Waals surface area contributed by atoms with Crippen LogP contribution in [0.2, 0.25) is 0 Å². The molecule has 0 heteroatoms. The second-order valence-electron chi connectivity index (χ2n) is 9.98. The summed E-state index contributed by atoms with van der Waals surface area (Å²) in [4.78, 5) is 0. The van der Waals surface area contributed by atoms with Gasteiger partial charge in [0.15, 0.2) is 0 Å². The lowest BCUT2D eigenvalue weighted by Gasteiger charge is -2.15. The average molecular weight is 507 g/mol. The maximum Gasteiger partial charge on any atom is 0.0406 e. The normalized spacial score (nSPS) is 10.8. The van der Waals surface area contributed by atoms with Gasteiger partial charge in [0.1, 0.15) is 0 Å². The Morgan fingerprint density at radius 2 is 0.750 bits per heavy atom. The quantitative estimate of drug-likeness (QED) is 0.165. The number of hydrogen-bond donors (Lipinski definition) is 0. The number of rotatable bonds is 3. The first-order valence-electron chi connectivity index (χ1n) is 13.6. The van der Waals surface area contributed by atoms with Gasteiger partial charge in [-0.1, -0.05) is 157 Å². The van der Waals surface area contributed by atoms with Gasteiger partial charge in [0.05, 0.1) is 0 Å². The van der Waals surface area contributed by atoms with E-state index in [1.54, 1.807) is 0 Å². The Balaban J connectivity index is 1.38. The van der Waals surface area contributed by atoms with E-state index in [2.05, 4.69) is 164 Å². The van der Waals surface area contributed by atoms with Crippen LogP contribution in [0.3, 0.4) is 0 Å². The van der Waals surface area contributed by atoms with Gasteiger partial charge in [0.25, 0.3) is 0 Å². The zero-order valence-electron chi connectivity index (χ0n) is 22.0. The molecular weight excluding hydrogens is 480 g/mol. The number of fused-ring (bicyclic) bond motifs is 2. The van der Waals surface area contributed by atoms with Gasteiger partial charge in [-0.15, -0.1) is 0 Å². The summed E-state index contributed by atoms with van der Waals surface area (Å²) in [6, 6.07) is 55.8. The smallest absolute Gasteiger partial charge is 0.0406 e. The molecule has 0 saturated heterocycles. The second-order valence-corrected chi connectivity index (χ2v) is 9.98. The van der Waals surface area contributed by atoms with Crippen LogP contribution in [0.25, 0.3) is 54.9 Å². The molecule has 0 atom stereocenters. The Labute approximate surface area is 235 Å². The van der Waals surface area contributed by atoms with E-state index < -0.39 is 0 Å². The van der Waals surface area contributed by atoms with Crippen LogP contribution in [0.4, 0.5) is 0 Å². The first-order chi connectivity index (χ1) is 19.8. The summed E-state index contributed by atoms with van der Waals surface area (Å²) < 4.78 is 0. The van der Waals surface area contributed by atoms with Gasteiger partial charge in [-0.3, -0.25) is 0 Å². The highest BCUT2D eigenvalue weighted by Gasteiger charge is 2.14. The van der Waals surface area contributed by atoms with Crippen LogP contribution in [0, 0.1) is 11.8 Å². The SMILES string of the molecule is C(#Cc1c2ccccc2c(-c2ccc(-c3ccccc3)cc2)c2ccccc12)c1cccc(-c2ccccc2)c1. The van der Waals surface area contributed by atoms with Crippen molar-refractivity contribution in [3.63, 3.8) is 0 Å². The predicted molar refractivity (Wildman–Crippen MR) is 170 cm³/mol. The van der Waals surface area contributed by atoms with E-state index in [0.717, 1.165) is 11.1 Å². The standard InChI is InChI=1S/C40H26/c1-3-13-30(14-4-1)32-23-25-33(26-24-32)40-38-20-9-7-18-35(38)37(36-19-8-10-21-39(36)40)27-22-29-12-11-17-34(28-29)31-15-5-2-6-16-31/h1-21,23-26,28H. The molecule has 40 heavy (non-hydrogen) atoms. The van der Waals surface area contributed by atoms with Crippen LogP contribution in [-0.4, -0.2) is 0 Å². The summed E-state index contributed by atoms with van der Waals surface area (Å²) in [5.74, 6) is 7.08. The van der Waals surface area contributed by atoms with E-state index in [0.29, 0.717) is 0 Å². The molecule has 0 unspecified atom stereocenters. The molecule has 0 aliphatic carbocycles. The third kappa shape index (κ3) is 4.45. The van der Waals surface area contributed by atoms with E-state index in [4.69, 9.17) is 0 Å². The minimum atomic E-state index is 1.01. The Morgan fingerprint density at radius 1 is 0.300 bits per heavy atom. The van der Waals surface area contributed by atoms with Gasteiger partial charge in [-0.2, -0.15) is 0 Å². The maximum atomic E-state index is 3.58. The molecule has 186 valence electrons. The predicted octanol–water partition coefficient (Wildman–Crippen LogP) is 10.4. The van der Waals surface area contributed by atoms with Gasteiger partial charge in [0, 0.05) is 11.1 Å². The zero-order valence-corrected chi connectivity index (χ0v) is 22.0. The number of hydrogen-bond acceptors (Lipinski definition) is 0. The molecule has 0 radical (unpaired) electrons. The number of benzene rings is 7. The van der Waals surface area contributed by atoms with Crippen molar-refractivity contribution in [3.05, 3.63) is 169 Å². The fraction of sp³-hybridized carbons (Fsp3) is 0. The molecule has 0 heterocycles. The Morgan fingerprint density at radius 3 is 1.35 bits per heavy atom. The van der Waals surface area contributed by atoms with E-state index in [9.17, 15) is 0 Å².